The molecule has 0 aliphatic carbocycles. The van der Waals surface area contributed by atoms with Gasteiger partial charge in [0.05, 0.1) is 23.0 Å². The molecule has 0 radical (unpaired) electrons. The number of carbonyl (C=O) groups is 1. The summed E-state index contributed by atoms with van der Waals surface area (Å²) in [5.41, 5.74) is 13.5. The van der Waals surface area contributed by atoms with E-state index in [1.807, 2.05) is 40.8 Å². The second-order valence-electron chi connectivity index (χ2n) is 10.9. The molecule has 0 spiro atoms. The standard InChI is InChI=1S/C34H37N7O2S/c1-39-30(8-5-17-35)23-41(38-39)29-15-16-31(32(22-29)43-21-20-40-19-18-36-34(40)42)33-37-28(24-44-33)14-11-25-9-12-27(13-10-25)26-6-3-2-4-7-26/h2-4,6-7,9-10,12-13,15-16,22-24H,5,8,11,14,17-21,35H2,1H3/p+1. The van der Waals surface area contributed by atoms with E-state index in [0.29, 0.717) is 32.8 Å². The normalized spacial score (nSPS) is 13.0. The van der Waals surface area contributed by atoms with Gasteiger partial charge in [-0.2, -0.15) is 0 Å². The number of amides is 2. The van der Waals surface area contributed by atoms with Gasteiger partial charge in [0, 0.05) is 31.0 Å². The van der Waals surface area contributed by atoms with Crippen LogP contribution in [0.15, 0.2) is 84.4 Å². The molecule has 0 atom stereocenters. The first-order valence-corrected chi connectivity index (χ1v) is 16.0. The maximum Gasteiger partial charge on any atom is 0.317 e. The van der Waals surface area contributed by atoms with Gasteiger partial charge in [-0.3, -0.25) is 0 Å². The molecule has 10 heteroatoms. The molecule has 3 aromatic carbocycles. The summed E-state index contributed by atoms with van der Waals surface area (Å²) in [5, 5.41) is 10.6. The summed E-state index contributed by atoms with van der Waals surface area (Å²) >= 11 is 1.62. The molecule has 1 aliphatic rings. The Bertz CT molecular complexity index is 1700. The lowest BCUT2D eigenvalue weighted by molar-refractivity contribution is -0.661. The number of rotatable bonds is 13. The predicted octanol–water partition coefficient (Wildman–Crippen LogP) is 4.57. The quantitative estimate of drug-likeness (QED) is 0.191. The highest BCUT2D eigenvalue weighted by molar-refractivity contribution is 7.13. The van der Waals surface area contributed by atoms with E-state index in [1.54, 1.807) is 16.2 Å². The Hall–Kier alpha value is -4.54. The number of benzene rings is 3. The molecule has 6 rings (SSSR count). The number of aryl methyl sites for hydroxylation is 4. The van der Waals surface area contributed by atoms with Crippen LogP contribution in [0.4, 0.5) is 4.79 Å². The summed E-state index contributed by atoms with van der Waals surface area (Å²) in [6.07, 6.45) is 5.58. The number of nitrogens with two attached hydrogens (primary N) is 1. The fraction of sp³-hybridized carbons (Fsp3) is 0.294. The highest BCUT2D eigenvalue weighted by Crippen LogP contribution is 2.34. The van der Waals surface area contributed by atoms with Crippen LogP contribution < -0.4 is 20.5 Å². The molecule has 3 heterocycles. The van der Waals surface area contributed by atoms with E-state index in [0.717, 1.165) is 59.1 Å². The van der Waals surface area contributed by atoms with Crippen LogP contribution in [0, 0.1) is 0 Å². The lowest BCUT2D eigenvalue weighted by Crippen LogP contribution is -2.33. The summed E-state index contributed by atoms with van der Waals surface area (Å²) in [6, 6.07) is 25.3. The molecule has 1 saturated heterocycles. The van der Waals surface area contributed by atoms with E-state index in [2.05, 4.69) is 70.5 Å². The minimum atomic E-state index is -0.0455. The van der Waals surface area contributed by atoms with Crippen LogP contribution in [-0.2, 0) is 26.3 Å². The van der Waals surface area contributed by atoms with Gasteiger partial charge in [0.2, 0.25) is 0 Å². The van der Waals surface area contributed by atoms with Gasteiger partial charge in [-0.25, -0.2) is 9.78 Å². The third-order valence-electron chi connectivity index (χ3n) is 7.86. The molecule has 1 fully saturated rings. The van der Waals surface area contributed by atoms with Crippen molar-refractivity contribution < 1.29 is 14.2 Å². The van der Waals surface area contributed by atoms with Gasteiger partial charge in [0.15, 0.2) is 17.6 Å². The summed E-state index contributed by atoms with van der Waals surface area (Å²) in [5.74, 6) is 0.723. The van der Waals surface area contributed by atoms with Crippen molar-refractivity contribution in [3.05, 3.63) is 101 Å². The molecule has 3 N–H and O–H groups in total. The molecule has 2 aromatic heterocycles. The lowest BCUT2D eigenvalue weighted by atomic mass is 10.0. The van der Waals surface area contributed by atoms with Crippen molar-refractivity contribution >= 4 is 17.4 Å². The van der Waals surface area contributed by atoms with Gasteiger partial charge in [-0.05, 0) is 54.6 Å². The lowest BCUT2D eigenvalue weighted by Gasteiger charge is -2.16. The van der Waals surface area contributed by atoms with Gasteiger partial charge in [-0.1, -0.05) is 54.6 Å². The van der Waals surface area contributed by atoms with Crippen LogP contribution in [-0.4, -0.2) is 58.6 Å². The zero-order valence-corrected chi connectivity index (χ0v) is 25.8. The number of thiazole rings is 1. The highest BCUT2D eigenvalue weighted by atomic mass is 32.1. The van der Waals surface area contributed by atoms with Crippen LogP contribution in [0.2, 0.25) is 0 Å². The maximum atomic E-state index is 12.0. The fourth-order valence-electron chi connectivity index (χ4n) is 5.34. The number of nitrogens with zero attached hydrogens (tertiary/aromatic N) is 5. The number of urea groups is 1. The van der Waals surface area contributed by atoms with Crippen molar-refractivity contribution in [3.63, 3.8) is 0 Å². The minimum Gasteiger partial charge on any atom is -0.491 e. The number of nitrogens with one attached hydrogen (secondary N) is 1. The average Bonchev–Trinajstić information content (AvgIpc) is 3.80. The van der Waals surface area contributed by atoms with Crippen LogP contribution in [0.3, 0.4) is 0 Å². The molecule has 0 bridgehead atoms. The van der Waals surface area contributed by atoms with Crippen LogP contribution in [0.25, 0.3) is 27.4 Å². The van der Waals surface area contributed by atoms with E-state index in [1.165, 1.54) is 16.7 Å². The van der Waals surface area contributed by atoms with Gasteiger partial charge in [-0.15, -0.1) is 20.7 Å². The number of hydrogen-bond acceptors (Lipinski definition) is 6. The maximum absolute atomic E-state index is 12.0. The monoisotopic (exact) mass is 608 g/mol. The number of carbonyl (C=O) groups excluding carboxylic acids is 1. The SMILES string of the molecule is Cn1n[n+](-c2ccc(-c3nc(CCc4ccc(-c5ccccc5)cc4)cs3)c(OCCN3CCNC3=O)c2)cc1CCCN. The van der Waals surface area contributed by atoms with E-state index in [9.17, 15) is 4.79 Å². The van der Waals surface area contributed by atoms with Gasteiger partial charge >= 0.3 is 6.03 Å². The Morgan fingerprint density at radius 2 is 1.84 bits per heavy atom. The van der Waals surface area contributed by atoms with E-state index in [-0.39, 0.29) is 6.03 Å². The van der Waals surface area contributed by atoms with Gasteiger partial charge in [0.25, 0.3) is 0 Å². The molecule has 226 valence electrons. The van der Waals surface area contributed by atoms with Crippen molar-refractivity contribution in [1.82, 2.24) is 25.1 Å². The number of ether oxygens (including phenoxy) is 1. The smallest absolute Gasteiger partial charge is 0.317 e. The second kappa shape index (κ2) is 13.8. The van der Waals surface area contributed by atoms with Crippen molar-refractivity contribution in [2.75, 3.05) is 32.8 Å². The summed E-state index contributed by atoms with van der Waals surface area (Å²) in [7, 11) is 1.95. The topological polar surface area (TPSA) is 102 Å². The molecule has 0 unspecified atom stereocenters. The number of hydrogen-bond donors (Lipinski definition) is 2. The zero-order valence-electron chi connectivity index (χ0n) is 25.0. The van der Waals surface area contributed by atoms with Gasteiger partial charge in [0.1, 0.15) is 24.4 Å². The van der Waals surface area contributed by atoms with E-state index >= 15 is 0 Å². The highest BCUT2D eigenvalue weighted by Gasteiger charge is 2.21. The van der Waals surface area contributed by atoms with E-state index < -0.39 is 0 Å². The number of aromatic nitrogens is 4. The Kier molecular flexibility index (Phi) is 9.28. The Morgan fingerprint density at radius 3 is 2.61 bits per heavy atom. The molecule has 44 heavy (non-hydrogen) atoms. The largest absolute Gasteiger partial charge is 0.491 e. The van der Waals surface area contributed by atoms with Crippen molar-refractivity contribution in [2.24, 2.45) is 12.8 Å². The van der Waals surface area contributed by atoms with Crippen molar-refractivity contribution in [2.45, 2.75) is 25.7 Å². The first-order chi connectivity index (χ1) is 21.6. The molecule has 1 aliphatic heterocycles. The molecular weight excluding hydrogens is 570 g/mol. The van der Waals surface area contributed by atoms with Crippen LogP contribution in [0.1, 0.15) is 23.4 Å². The Labute approximate surface area is 261 Å². The zero-order chi connectivity index (χ0) is 30.3. The molecule has 5 aromatic rings. The molecule has 2 amide bonds. The second-order valence-corrected chi connectivity index (χ2v) is 11.8. The van der Waals surface area contributed by atoms with Crippen LogP contribution in [0.5, 0.6) is 5.75 Å². The van der Waals surface area contributed by atoms with Gasteiger partial charge < -0.3 is 20.7 Å². The van der Waals surface area contributed by atoms with Crippen molar-refractivity contribution in [3.8, 4) is 33.1 Å². The molecule has 0 saturated carbocycles. The fourth-order valence-corrected chi connectivity index (χ4v) is 6.22. The average molecular weight is 609 g/mol. The van der Waals surface area contributed by atoms with Crippen LogP contribution >= 0.6 is 11.3 Å². The third-order valence-corrected chi connectivity index (χ3v) is 8.79. The predicted molar refractivity (Wildman–Crippen MR) is 173 cm³/mol. The third kappa shape index (κ3) is 6.98. The Morgan fingerprint density at radius 1 is 1.02 bits per heavy atom. The minimum absolute atomic E-state index is 0.0455. The molecule has 9 nitrogen and oxygen atoms in total. The Balaban J connectivity index is 1.18. The van der Waals surface area contributed by atoms with E-state index in [4.69, 9.17) is 15.5 Å². The summed E-state index contributed by atoms with van der Waals surface area (Å²) in [4.78, 5) is 18.8. The summed E-state index contributed by atoms with van der Waals surface area (Å²) < 4.78 is 10.1. The van der Waals surface area contributed by atoms with Crippen molar-refractivity contribution in [1.29, 1.82) is 0 Å². The first kappa shape index (κ1) is 29.5. The summed E-state index contributed by atoms with van der Waals surface area (Å²) in [6.45, 7) is 2.90. The molecular formula is C34H38N7O2S+. The first-order valence-electron chi connectivity index (χ1n) is 15.1.